The van der Waals surface area contributed by atoms with Crippen LogP contribution in [0.2, 0.25) is 0 Å². The van der Waals surface area contributed by atoms with Crippen molar-refractivity contribution in [3.8, 4) is 0 Å². The van der Waals surface area contributed by atoms with Crippen molar-refractivity contribution in [2.45, 2.75) is 25.4 Å². The average Bonchev–Trinajstić information content (AvgIpc) is 2.24. The number of hydrogen-bond donors (Lipinski definition) is 2. The van der Waals surface area contributed by atoms with Gasteiger partial charge in [0.25, 0.3) is 0 Å². The standard InChI is InChI=1S/C13H12F3NO3/c14-13(15,16)9-4-8(12(19)20)5-10(6-9)17-11(18)7-2-1-3-7/h4-7H,1-3H2,(H,17,18)(H,19,20). The predicted octanol–water partition coefficient (Wildman–Crippen LogP) is 3.14. The topological polar surface area (TPSA) is 66.4 Å². The Morgan fingerprint density at radius 2 is 1.85 bits per heavy atom. The van der Waals surface area contributed by atoms with Gasteiger partial charge in [0.05, 0.1) is 11.1 Å². The second kappa shape index (κ2) is 5.15. The second-order valence-electron chi connectivity index (χ2n) is 4.72. The maximum atomic E-state index is 12.7. The van der Waals surface area contributed by atoms with E-state index in [-0.39, 0.29) is 17.5 Å². The van der Waals surface area contributed by atoms with Gasteiger partial charge in [-0.25, -0.2) is 4.79 Å². The van der Waals surface area contributed by atoms with Gasteiger partial charge in [0.1, 0.15) is 0 Å². The fourth-order valence-electron chi connectivity index (χ4n) is 1.90. The van der Waals surface area contributed by atoms with Gasteiger partial charge in [0.15, 0.2) is 0 Å². The van der Waals surface area contributed by atoms with Gasteiger partial charge in [0, 0.05) is 11.6 Å². The lowest BCUT2D eigenvalue weighted by Crippen LogP contribution is -2.28. The first kappa shape index (κ1) is 14.4. The molecule has 108 valence electrons. The SMILES string of the molecule is O=C(O)c1cc(NC(=O)C2CCC2)cc(C(F)(F)F)c1. The van der Waals surface area contributed by atoms with Gasteiger partial charge in [-0.2, -0.15) is 13.2 Å². The van der Waals surface area contributed by atoms with Crippen LogP contribution in [-0.2, 0) is 11.0 Å². The van der Waals surface area contributed by atoms with E-state index in [0.29, 0.717) is 18.9 Å². The van der Waals surface area contributed by atoms with Crippen LogP contribution < -0.4 is 5.32 Å². The Hall–Kier alpha value is -2.05. The van der Waals surface area contributed by atoms with Crippen molar-refractivity contribution in [3.63, 3.8) is 0 Å². The fourth-order valence-corrected chi connectivity index (χ4v) is 1.90. The second-order valence-corrected chi connectivity index (χ2v) is 4.72. The molecule has 2 N–H and O–H groups in total. The molecule has 1 aliphatic rings. The van der Waals surface area contributed by atoms with Crippen LogP contribution in [0.25, 0.3) is 0 Å². The molecule has 20 heavy (non-hydrogen) atoms. The number of carboxylic acids is 1. The molecule has 1 saturated carbocycles. The Kier molecular flexibility index (Phi) is 3.69. The number of anilines is 1. The average molecular weight is 287 g/mol. The molecule has 0 spiro atoms. The summed E-state index contributed by atoms with van der Waals surface area (Å²) in [5, 5.41) is 11.2. The molecule has 0 radical (unpaired) electrons. The van der Waals surface area contributed by atoms with Gasteiger partial charge in [-0.05, 0) is 31.0 Å². The molecule has 0 saturated heterocycles. The van der Waals surface area contributed by atoms with E-state index in [4.69, 9.17) is 5.11 Å². The van der Waals surface area contributed by atoms with E-state index in [2.05, 4.69) is 5.32 Å². The predicted molar refractivity (Wildman–Crippen MR) is 64.4 cm³/mol. The largest absolute Gasteiger partial charge is 0.478 e. The van der Waals surface area contributed by atoms with Crippen LogP contribution in [0.4, 0.5) is 18.9 Å². The summed E-state index contributed by atoms with van der Waals surface area (Å²) in [7, 11) is 0. The number of benzene rings is 1. The Morgan fingerprint density at radius 3 is 2.30 bits per heavy atom. The first-order chi connectivity index (χ1) is 9.27. The Balaban J connectivity index is 2.29. The molecule has 0 heterocycles. The van der Waals surface area contributed by atoms with Crippen LogP contribution in [0.1, 0.15) is 35.2 Å². The Morgan fingerprint density at radius 1 is 1.20 bits per heavy atom. The monoisotopic (exact) mass is 287 g/mol. The molecule has 2 rings (SSSR count). The summed E-state index contributed by atoms with van der Waals surface area (Å²) in [6.45, 7) is 0. The van der Waals surface area contributed by atoms with Gasteiger partial charge in [-0.1, -0.05) is 6.42 Å². The molecular formula is C13H12F3NO3. The molecule has 0 unspecified atom stereocenters. The van der Waals surface area contributed by atoms with Crippen LogP contribution in [0.15, 0.2) is 18.2 Å². The third-order valence-electron chi connectivity index (χ3n) is 3.25. The third kappa shape index (κ3) is 3.09. The van der Waals surface area contributed by atoms with E-state index in [1.807, 2.05) is 0 Å². The molecular weight excluding hydrogens is 275 g/mol. The van der Waals surface area contributed by atoms with Crippen molar-refractivity contribution in [2.24, 2.45) is 5.92 Å². The zero-order valence-electron chi connectivity index (χ0n) is 10.3. The number of amides is 1. The highest BCUT2D eigenvalue weighted by molar-refractivity contribution is 5.95. The van der Waals surface area contributed by atoms with Crippen molar-refractivity contribution in [2.75, 3.05) is 5.32 Å². The normalized spacial score (nSPS) is 15.6. The van der Waals surface area contributed by atoms with E-state index < -0.39 is 23.3 Å². The maximum absolute atomic E-state index is 12.7. The minimum atomic E-state index is -4.67. The minimum Gasteiger partial charge on any atom is -0.478 e. The van der Waals surface area contributed by atoms with E-state index in [1.54, 1.807) is 0 Å². The van der Waals surface area contributed by atoms with Gasteiger partial charge in [-0.3, -0.25) is 4.79 Å². The van der Waals surface area contributed by atoms with E-state index >= 15 is 0 Å². The Labute approximate surface area is 112 Å². The lowest BCUT2D eigenvalue weighted by Gasteiger charge is -2.24. The highest BCUT2D eigenvalue weighted by Gasteiger charge is 2.32. The molecule has 0 aromatic heterocycles. The van der Waals surface area contributed by atoms with Crippen LogP contribution >= 0.6 is 0 Å². The van der Waals surface area contributed by atoms with Crippen molar-refractivity contribution in [1.29, 1.82) is 0 Å². The van der Waals surface area contributed by atoms with E-state index in [1.165, 1.54) is 0 Å². The molecule has 4 nitrogen and oxygen atoms in total. The van der Waals surface area contributed by atoms with E-state index in [0.717, 1.165) is 18.6 Å². The number of hydrogen-bond acceptors (Lipinski definition) is 2. The van der Waals surface area contributed by atoms with Crippen molar-refractivity contribution < 1.29 is 27.9 Å². The number of carboxylic acid groups (broad SMARTS) is 1. The molecule has 7 heteroatoms. The van der Waals surface area contributed by atoms with E-state index in [9.17, 15) is 22.8 Å². The molecule has 1 aromatic rings. The lowest BCUT2D eigenvalue weighted by atomic mass is 9.85. The number of aromatic carboxylic acids is 1. The summed E-state index contributed by atoms with van der Waals surface area (Å²) in [5.41, 5.74) is -1.75. The smallest absolute Gasteiger partial charge is 0.416 e. The van der Waals surface area contributed by atoms with Gasteiger partial charge in [-0.15, -0.1) is 0 Å². The number of carbonyl (C=O) groups is 2. The number of nitrogens with one attached hydrogen (secondary N) is 1. The highest BCUT2D eigenvalue weighted by atomic mass is 19.4. The molecule has 1 aromatic carbocycles. The number of carbonyl (C=O) groups excluding carboxylic acids is 1. The molecule has 1 amide bonds. The summed E-state index contributed by atoms with van der Waals surface area (Å²) in [4.78, 5) is 22.5. The van der Waals surface area contributed by atoms with Crippen molar-refractivity contribution >= 4 is 17.6 Å². The number of halogens is 3. The summed E-state index contributed by atoms with van der Waals surface area (Å²) in [6.07, 6.45) is -2.34. The molecule has 1 fully saturated rings. The van der Waals surface area contributed by atoms with Crippen LogP contribution in [0, 0.1) is 5.92 Å². The summed E-state index contributed by atoms with van der Waals surface area (Å²) in [5.74, 6) is -2.04. The third-order valence-corrected chi connectivity index (χ3v) is 3.25. The van der Waals surface area contributed by atoms with Gasteiger partial charge < -0.3 is 10.4 Å². The van der Waals surface area contributed by atoms with Gasteiger partial charge >= 0.3 is 12.1 Å². The zero-order chi connectivity index (χ0) is 14.9. The van der Waals surface area contributed by atoms with Crippen molar-refractivity contribution in [1.82, 2.24) is 0 Å². The van der Waals surface area contributed by atoms with Crippen molar-refractivity contribution in [3.05, 3.63) is 29.3 Å². The quantitative estimate of drug-likeness (QED) is 0.897. The molecule has 0 atom stereocenters. The van der Waals surface area contributed by atoms with Crippen LogP contribution in [0.5, 0.6) is 0 Å². The fraction of sp³-hybridized carbons (Fsp3) is 0.385. The molecule has 0 bridgehead atoms. The van der Waals surface area contributed by atoms with Gasteiger partial charge in [0.2, 0.25) is 5.91 Å². The highest BCUT2D eigenvalue weighted by Crippen LogP contribution is 2.33. The zero-order valence-corrected chi connectivity index (χ0v) is 10.3. The lowest BCUT2D eigenvalue weighted by molar-refractivity contribution is -0.137. The summed E-state index contributed by atoms with van der Waals surface area (Å²) in [6, 6.07) is 2.30. The van der Waals surface area contributed by atoms with Crippen LogP contribution in [0.3, 0.4) is 0 Å². The Bertz CT molecular complexity index is 550. The number of rotatable bonds is 3. The summed E-state index contributed by atoms with van der Waals surface area (Å²) >= 11 is 0. The molecule has 0 aliphatic heterocycles. The number of alkyl halides is 3. The summed E-state index contributed by atoms with van der Waals surface area (Å²) < 4.78 is 38.0. The van der Waals surface area contributed by atoms with Crippen LogP contribution in [-0.4, -0.2) is 17.0 Å². The molecule has 1 aliphatic carbocycles. The minimum absolute atomic E-state index is 0.144. The maximum Gasteiger partial charge on any atom is 0.416 e. The first-order valence-corrected chi connectivity index (χ1v) is 6.04. The first-order valence-electron chi connectivity index (χ1n) is 6.04.